The summed E-state index contributed by atoms with van der Waals surface area (Å²) in [5, 5.41) is 6.35. The third-order valence-electron chi connectivity index (χ3n) is 3.41. The maximum Gasteiger partial charge on any atom is 0.191 e. The molecule has 0 radical (unpaired) electrons. The molecule has 0 saturated carbocycles. The number of nitrogens with one attached hydrogen (secondary N) is 2. The van der Waals surface area contributed by atoms with Crippen molar-refractivity contribution in [2.75, 3.05) is 39.7 Å². The van der Waals surface area contributed by atoms with Crippen LogP contribution >= 0.6 is 24.0 Å². The number of halogens is 2. The Balaban J connectivity index is 0.00000484. The molecule has 0 atom stereocenters. The second kappa shape index (κ2) is 9.92. The predicted octanol–water partition coefficient (Wildman–Crippen LogP) is 2.60. The molecule has 0 aliphatic heterocycles. The number of aliphatic imine (C=N–C) groups is 1. The lowest BCUT2D eigenvalue weighted by molar-refractivity contribution is 0.0268. The summed E-state index contributed by atoms with van der Waals surface area (Å²) in [5.74, 6) is 0.426. The molecule has 23 heavy (non-hydrogen) atoms. The first-order chi connectivity index (χ1) is 10.3. The van der Waals surface area contributed by atoms with E-state index in [0.29, 0.717) is 24.7 Å². The van der Waals surface area contributed by atoms with E-state index in [1.165, 1.54) is 6.07 Å². The number of ether oxygens (including phenoxy) is 1. The van der Waals surface area contributed by atoms with E-state index in [1.54, 1.807) is 25.1 Å². The van der Waals surface area contributed by atoms with Crippen molar-refractivity contribution in [1.82, 2.24) is 10.6 Å². The van der Waals surface area contributed by atoms with Gasteiger partial charge in [0.2, 0.25) is 0 Å². The average Bonchev–Trinajstić information content (AvgIpc) is 2.47. The molecule has 0 spiro atoms. The van der Waals surface area contributed by atoms with E-state index < -0.39 is 0 Å². The monoisotopic (exact) mass is 438 g/mol. The van der Waals surface area contributed by atoms with Crippen molar-refractivity contribution in [3.8, 4) is 0 Å². The highest BCUT2D eigenvalue weighted by atomic mass is 127. The first-order valence-electron chi connectivity index (χ1n) is 7.24. The lowest BCUT2D eigenvalue weighted by atomic mass is 10.1. The van der Waals surface area contributed by atoms with Crippen LogP contribution in [-0.4, -0.2) is 46.4 Å². The maximum atomic E-state index is 13.9. The number of hydrogen-bond donors (Lipinski definition) is 2. The normalized spacial score (nSPS) is 11.7. The van der Waals surface area contributed by atoms with Crippen LogP contribution in [0.15, 0.2) is 23.2 Å². The molecular formula is C16H28FIN4O. The second-order valence-electron chi connectivity index (χ2n) is 5.92. The molecule has 0 aliphatic rings. The minimum absolute atomic E-state index is 0. The van der Waals surface area contributed by atoms with Gasteiger partial charge in [-0.05, 0) is 31.5 Å². The van der Waals surface area contributed by atoms with Gasteiger partial charge in [-0.2, -0.15) is 0 Å². The number of guanidine groups is 1. The lowest BCUT2D eigenvalue weighted by Gasteiger charge is -2.24. The summed E-state index contributed by atoms with van der Waals surface area (Å²) in [6.07, 6.45) is 0. The number of methoxy groups -OCH3 is 1. The van der Waals surface area contributed by atoms with Crippen molar-refractivity contribution >= 4 is 35.6 Å². The third kappa shape index (κ3) is 7.34. The fourth-order valence-electron chi connectivity index (χ4n) is 1.80. The standard InChI is InChI=1S/C16H27FN4O.HI/c1-16(2,22-6)11-20-15(18-3)19-10-12-7-8-14(21(4)5)13(17)9-12;/h7-9H,10-11H2,1-6H3,(H2,18,19,20);1H. The van der Waals surface area contributed by atoms with Gasteiger partial charge in [0.15, 0.2) is 5.96 Å². The highest BCUT2D eigenvalue weighted by Crippen LogP contribution is 2.18. The quantitative estimate of drug-likeness (QED) is 0.408. The van der Waals surface area contributed by atoms with Crippen LogP contribution in [0.1, 0.15) is 19.4 Å². The molecule has 0 aromatic heterocycles. The number of benzene rings is 1. The molecule has 0 unspecified atom stereocenters. The average molecular weight is 438 g/mol. The molecule has 5 nitrogen and oxygen atoms in total. The van der Waals surface area contributed by atoms with Gasteiger partial charge in [-0.3, -0.25) is 4.99 Å². The molecule has 1 aromatic rings. The Hall–Kier alpha value is -1.09. The minimum atomic E-state index is -0.281. The Morgan fingerprint density at radius 2 is 1.96 bits per heavy atom. The zero-order valence-electron chi connectivity index (χ0n) is 14.7. The van der Waals surface area contributed by atoms with Gasteiger partial charge in [0, 0.05) is 41.3 Å². The Kier molecular flexibility index (Phi) is 9.45. The lowest BCUT2D eigenvalue weighted by Crippen LogP contribution is -2.45. The highest BCUT2D eigenvalue weighted by Gasteiger charge is 2.16. The van der Waals surface area contributed by atoms with Crippen LogP contribution in [0.5, 0.6) is 0 Å². The largest absolute Gasteiger partial charge is 0.377 e. The van der Waals surface area contributed by atoms with Gasteiger partial charge < -0.3 is 20.3 Å². The van der Waals surface area contributed by atoms with E-state index in [1.807, 2.05) is 34.0 Å². The first kappa shape index (κ1) is 21.9. The highest BCUT2D eigenvalue weighted by molar-refractivity contribution is 14.0. The van der Waals surface area contributed by atoms with E-state index in [-0.39, 0.29) is 35.4 Å². The summed E-state index contributed by atoms with van der Waals surface area (Å²) in [6, 6.07) is 5.21. The van der Waals surface area contributed by atoms with Gasteiger partial charge in [0.25, 0.3) is 0 Å². The number of hydrogen-bond acceptors (Lipinski definition) is 3. The topological polar surface area (TPSA) is 48.9 Å². The molecular weight excluding hydrogens is 410 g/mol. The van der Waals surface area contributed by atoms with Crippen molar-refractivity contribution in [3.63, 3.8) is 0 Å². The van der Waals surface area contributed by atoms with Crippen molar-refractivity contribution < 1.29 is 9.13 Å². The molecule has 132 valence electrons. The minimum Gasteiger partial charge on any atom is -0.377 e. The summed E-state index contributed by atoms with van der Waals surface area (Å²) in [5.41, 5.74) is 1.15. The van der Waals surface area contributed by atoms with Crippen LogP contribution in [-0.2, 0) is 11.3 Å². The Labute approximate surface area is 155 Å². The van der Waals surface area contributed by atoms with Gasteiger partial charge in [-0.1, -0.05) is 6.07 Å². The number of rotatable bonds is 6. The fraction of sp³-hybridized carbons (Fsp3) is 0.562. The van der Waals surface area contributed by atoms with Crippen LogP contribution in [0.2, 0.25) is 0 Å². The summed E-state index contributed by atoms with van der Waals surface area (Å²) in [6.45, 7) is 5.10. The zero-order chi connectivity index (χ0) is 16.8. The zero-order valence-corrected chi connectivity index (χ0v) is 17.1. The predicted molar refractivity (Wildman–Crippen MR) is 105 cm³/mol. The van der Waals surface area contributed by atoms with Crippen LogP contribution in [0.4, 0.5) is 10.1 Å². The molecule has 0 fully saturated rings. The van der Waals surface area contributed by atoms with Crippen LogP contribution in [0, 0.1) is 5.82 Å². The van der Waals surface area contributed by atoms with Crippen molar-refractivity contribution in [2.45, 2.75) is 26.0 Å². The van der Waals surface area contributed by atoms with Gasteiger partial charge >= 0.3 is 0 Å². The van der Waals surface area contributed by atoms with Crippen LogP contribution < -0.4 is 15.5 Å². The van der Waals surface area contributed by atoms with Crippen LogP contribution in [0.25, 0.3) is 0 Å². The van der Waals surface area contributed by atoms with Gasteiger partial charge in [-0.15, -0.1) is 24.0 Å². The number of nitrogens with zero attached hydrogens (tertiary/aromatic N) is 2. The van der Waals surface area contributed by atoms with Gasteiger partial charge in [-0.25, -0.2) is 4.39 Å². The maximum absolute atomic E-state index is 13.9. The van der Waals surface area contributed by atoms with Crippen molar-refractivity contribution in [3.05, 3.63) is 29.6 Å². The van der Waals surface area contributed by atoms with E-state index in [9.17, 15) is 4.39 Å². The smallest absolute Gasteiger partial charge is 0.191 e. The summed E-state index contributed by atoms with van der Waals surface area (Å²) >= 11 is 0. The fourth-order valence-corrected chi connectivity index (χ4v) is 1.80. The van der Waals surface area contributed by atoms with Gasteiger partial charge in [0.1, 0.15) is 5.82 Å². The summed E-state index contributed by atoms with van der Waals surface area (Å²) in [4.78, 5) is 5.90. The first-order valence-corrected chi connectivity index (χ1v) is 7.24. The van der Waals surface area contributed by atoms with E-state index in [0.717, 1.165) is 5.56 Å². The van der Waals surface area contributed by atoms with E-state index in [4.69, 9.17) is 4.74 Å². The summed E-state index contributed by atoms with van der Waals surface area (Å²) < 4.78 is 19.3. The van der Waals surface area contributed by atoms with Crippen LogP contribution in [0.3, 0.4) is 0 Å². The SMILES string of the molecule is CN=C(NCc1ccc(N(C)C)c(F)c1)NCC(C)(C)OC.I. The number of anilines is 1. The Bertz CT molecular complexity index is 521. The second-order valence-corrected chi connectivity index (χ2v) is 5.92. The molecule has 0 amide bonds. The Morgan fingerprint density at radius 1 is 1.30 bits per heavy atom. The van der Waals surface area contributed by atoms with Gasteiger partial charge in [0.05, 0.1) is 11.3 Å². The van der Waals surface area contributed by atoms with Crippen molar-refractivity contribution in [2.24, 2.45) is 4.99 Å². The Morgan fingerprint density at radius 3 is 2.43 bits per heavy atom. The van der Waals surface area contributed by atoms with E-state index in [2.05, 4.69) is 15.6 Å². The molecule has 1 aromatic carbocycles. The molecule has 0 aliphatic carbocycles. The third-order valence-corrected chi connectivity index (χ3v) is 3.41. The molecule has 0 heterocycles. The molecule has 2 N–H and O–H groups in total. The molecule has 1 rings (SSSR count). The van der Waals surface area contributed by atoms with E-state index >= 15 is 0 Å². The molecule has 0 bridgehead atoms. The summed E-state index contributed by atoms with van der Waals surface area (Å²) in [7, 11) is 7.01. The molecule has 0 saturated heterocycles. The van der Waals surface area contributed by atoms with Crippen molar-refractivity contribution in [1.29, 1.82) is 0 Å². The molecule has 7 heteroatoms.